The van der Waals surface area contributed by atoms with Gasteiger partial charge in [0.15, 0.2) is 0 Å². The molecule has 0 aliphatic rings. The number of halogens is 1. The minimum Gasteiger partial charge on any atom is -0.390 e. The van der Waals surface area contributed by atoms with E-state index in [2.05, 4.69) is 59.1 Å². The van der Waals surface area contributed by atoms with Crippen molar-refractivity contribution in [2.24, 2.45) is 0 Å². The average molecular weight is 329 g/mol. The summed E-state index contributed by atoms with van der Waals surface area (Å²) in [5.41, 5.74) is 1.23. The summed E-state index contributed by atoms with van der Waals surface area (Å²) >= 11 is 3.48. The Morgan fingerprint density at radius 1 is 1.32 bits per heavy atom. The van der Waals surface area contributed by atoms with Crippen LogP contribution in [0.25, 0.3) is 0 Å². The minimum absolute atomic E-state index is 0.240. The van der Waals surface area contributed by atoms with Crippen molar-refractivity contribution >= 4 is 15.9 Å². The van der Waals surface area contributed by atoms with Gasteiger partial charge >= 0.3 is 0 Å². The molecular formula is C15H25BrN2O. The standard InChI is InChI=1S/C15H25BrN2O/c1-4-18(5-2)11-15(19)10-17-12(3)13-7-6-8-14(16)9-13/h6-9,12,15,17,19H,4-5,10-11H2,1-3H3/t12-,15?/m0/s1. The van der Waals surface area contributed by atoms with Gasteiger partial charge in [0.25, 0.3) is 0 Å². The number of rotatable bonds is 8. The maximum atomic E-state index is 10.0. The van der Waals surface area contributed by atoms with E-state index in [1.165, 1.54) is 5.56 Å². The Labute approximate surface area is 125 Å². The van der Waals surface area contributed by atoms with Crippen LogP contribution < -0.4 is 5.32 Å². The normalized spacial score (nSPS) is 14.6. The van der Waals surface area contributed by atoms with E-state index < -0.39 is 0 Å². The van der Waals surface area contributed by atoms with Crippen molar-refractivity contribution in [3.8, 4) is 0 Å². The van der Waals surface area contributed by atoms with Crippen LogP contribution in [0, 0.1) is 0 Å². The van der Waals surface area contributed by atoms with E-state index in [9.17, 15) is 5.11 Å². The van der Waals surface area contributed by atoms with E-state index in [-0.39, 0.29) is 12.1 Å². The predicted octanol–water partition coefficient (Wildman–Crippen LogP) is 2.80. The lowest BCUT2D eigenvalue weighted by Crippen LogP contribution is -2.38. The third-order valence-electron chi connectivity index (χ3n) is 3.37. The SMILES string of the molecule is CCN(CC)CC(O)CN[C@@H](C)c1cccc(Br)c1. The third kappa shape index (κ3) is 6.04. The molecule has 0 aliphatic carbocycles. The molecule has 1 unspecified atom stereocenters. The number of benzene rings is 1. The van der Waals surface area contributed by atoms with Crippen LogP contribution in [0.5, 0.6) is 0 Å². The number of likely N-dealkylation sites (N-methyl/N-ethyl adjacent to an activating group) is 1. The van der Waals surface area contributed by atoms with E-state index in [1.807, 2.05) is 12.1 Å². The molecule has 0 aromatic heterocycles. The van der Waals surface area contributed by atoms with Gasteiger partial charge in [-0.3, -0.25) is 0 Å². The van der Waals surface area contributed by atoms with Gasteiger partial charge in [0, 0.05) is 23.6 Å². The molecule has 2 atom stereocenters. The van der Waals surface area contributed by atoms with Crippen molar-refractivity contribution in [1.29, 1.82) is 0 Å². The lowest BCUT2D eigenvalue weighted by atomic mass is 10.1. The van der Waals surface area contributed by atoms with Crippen LogP contribution in [-0.4, -0.2) is 42.3 Å². The number of aliphatic hydroxyl groups excluding tert-OH is 1. The largest absolute Gasteiger partial charge is 0.390 e. The van der Waals surface area contributed by atoms with Gasteiger partial charge in [0.1, 0.15) is 0 Å². The molecule has 4 heteroatoms. The third-order valence-corrected chi connectivity index (χ3v) is 3.86. The fourth-order valence-electron chi connectivity index (χ4n) is 2.05. The molecule has 0 radical (unpaired) electrons. The van der Waals surface area contributed by atoms with Crippen molar-refractivity contribution in [2.75, 3.05) is 26.2 Å². The van der Waals surface area contributed by atoms with Gasteiger partial charge in [-0.2, -0.15) is 0 Å². The van der Waals surface area contributed by atoms with Crippen molar-refractivity contribution in [3.63, 3.8) is 0 Å². The lowest BCUT2D eigenvalue weighted by molar-refractivity contribution is 0.114. The predicted molar refractivity (Wildman–Crippen MR) is 84.4 cm³/mol. The smallest absolute Gasteiger partial charge is 0.0791 e. The molecule has 3 nitrogen and oxygen atoms in total. The second-order valence-corrected chi connectivity index (χ2v) is 5.74. The monoisotopic (exact) mass is 328 g/mol. The molecule has 19 heavy (non-hydrogen) atoms. The Hall–Kier alpha value is -0.420. The van der Waals surface area contributed by atoms with Crippen LogP contribution in [0.15, 0.2) is 28.7 Å². The zero-order valence-corrected chi connectivity index (χ0v) is 13.7. The Kier molecular flexibility index (Phi) is 7.61. The van der Waals surface area contributed by atoms with E-state index in [4.69, 9.17) is 0 Å². The van der Waals surface area contributed by atoms with Crippen molar-refractivity contribution in [3.05, 3.63) is 34.3 Å². The molecule has 0 aliphatic heterocycles. The molecular weight excluding hydrogens is 304 g/mol. The van der Waals surface area contributed by atoms with E-state index >= 15 is 0 Å². The molecule has 1 aromatic carbocycles. The van der Waals surface area contributed by atoms with Crippen molar-refractivity contribution < 1.29 is 5.11 Å². The second kappa shape index (κ2) is 8.69. The summed E-state index contributed by atoms with van der Waals surface area (Å²) in [5.74, 6) is 0. The molecule has 108 valence electrons. The fourth-order valence-corrected chi connectivity index (χ4v) is 2.47. The lowest BCUT2D eigenvalue weighted by Gasteiger charge is -2.23. The van der Waals surface area contributed by atoms with Crippen LogP contribution in [0.1, 0.15) is 32.4 Å². The van der Waals surface area contributed by atoms with Crippen molar-refractivity contribution in [2.45, 2.75) is 32.9 Å². The van der Waals surface area contributed by atoms with Crippen molar-refractivity contribution in [1.82, 2.24) is 10.2 Å². The Morgan fingerprint density at radius 2 is 2.00 bits per heavy atom. The summed E-state index contributed by atoms with van der Waals surface area (Å²) in [5, 5.41) is 13.4. The summed E-state index contributed by atoms with van der Waals surface area (Å²) in [6, 6.07) is 8.49. The van der Waals surface area contributed by atoms with Gasteiger partial charge in [0.05, 0.1) is 6.10 Å². The number of hydrogen-bond acceptors (Lipinski definition) is 3. The van der Waals surface area contributed by atoms with Gasteiger partial charge in [-0.25, -0.2) is 0 Å². The fraction of sp³-hybridized carbons (Fsp3) is 0.600. The summed E-state index contributed by atoms with van der Waals surface area (Å²) in [6.07, 6.45) is -0.325. The zero-order chi connectivity index (χ0) is 14.3. The maximum Gasteiger partial charge on any atom is 0.0791 e. The highest BCUT2D eigenvalue weighted by molar-refractivity contribution is 9.10. The quantitative estimate of drug-likeness (QED) is 0.770. The Morgan fingerprint density at radius 3 is 2.58 bits per heavy atom. The second-order valence-electron chi connectivity index (χ2n) is 4.82. The maximum absolute atomic E-state index is 10.0. The summed E-state index contributed by atoms with van der Waals surface area (Å²) in [7, 11) is 0. The van der Waals surface area contributed by atoms with Gasteiger partial charge < -0.3 is 15.3 Å². The van der Waals surface area contributed by atoms with Crippen LogP contribution in [-0.2, 0) is 0 Å². The van der Waals surface area contributed by atoms with Gasteiger partial charge in [-0.05, 0) is 37.7 Å². The highest BCUT2D eigenvalue weighted by Gasteiger charge is 2.11. The van der Waals surface area contributed by atoms with E-state index in [0.29, 0.717) is 6.54 Å². The summed E-state index contributed by atoms with van der Waals surface area (Å²) in [6.45, 7) is 9.66. The highest BCUT2D eigenvalue weighted by Crippen LogP contribution is 2.17. The minimum atomic E-state index is -0.325. The van der Waals surface area contributed by atoms with Crippen LogP contribution >= 0.6 is 15.9 Å². The van der Waals surface area contributed by atoms with Crippen LogP contribution in [0.4, 0.5) is 0 Å². The van der Waals surface area contributed by atoms with Crippen LogP contribution in [0.2, 0.25) is 0 Å². The summed E-state index contributed by atoms with van der Waals surface area (Å²) in [4.78, 5) is 2.23. The van der Waals surface area contributed by atoms with Gasteiger partial charge in [-0.15, -0.1) is 0 Å². The first-order chi connectivity index (χ1) is 9.06. The molecule has 0 fully saturated rings. The van der Waals surface area contributed by atoms with E-state index in [1.54, 1.807) is 0 Å². The molecule has 0 heterocycles. The average Bonchev–Trinajstić information content (AvgIpc) is 2.42. The molecule has 0 amide bonds. The first-order valence-electron chi connectivity index (χ1n) is 6.96. The van der Waals surface area contributed by atoms with E-state index in [0.717, 1.165) is 24.1 Å². The molecule has 0 saturated heterocycles. The highest BCUT2D eigenvalue weighted by atomic mass is 79.9. The van der Waals surface area contributed by atoms with Gasteiger partial charge in [0.2, 0.25) is 0 Å². The molecule has 1 aromatic rings. The number of nitrogens with zero attached hydrogens (tertiary/aromatic N) is 1. The Balaban J connectivity index is 2.39. The van der Waals surface area contributed by atoms with Crippen LogP contribution in [0.3, 0.4) is 0 Å². The topological polar surface area (TPSA) is 35.5 Å². The molecule has 0 spiro atoms. The number of aliphatic hydroxyl groups is 1. The molecule has 0 saturated carbocycles. The number of hydrogen-bond donors (Lipinski definition) is 2. The first kappa shape index (κ1) is 16.6. The summed E-state index contributed by atoms with van der Waals surface area (Å²) < 4.78 is 1.09. The first-order valence-corrected chi connectivity index (χ1v) is 7.75. The van der Waals surface area contributed by atoms with Gasteiger partial charge in [-0.1, -0.05) is 41.9 Å². The molecule has 2 N–H and O–H groups in total. The number of nitrogens with one attached hydrogen (secondary N) is 1. The molecule has 1 rings (SSSR count). The molecule has 0 bridgehead atoms. The Bertz CT molecular complexity index is 369. The zero-order valence-electron chi connectivity index (χ0n) is 12.1.